The lowest BCUT2D eigenvalue weighted by atomic mass is 10.1. The molecule has 2 atom stereocenters. The number of hydrogen-bond acceptors (Lipinski definition) is 4. The SMILES string of the molecule is CC[C@@H](C)NC(=O)[C@@H](C)N(Cc1ccccc1C)C(=O)CCCN(c1ccc(F)cc1)S(C)(=O)=O. The summed E-state index contributed by atoms with van der Waals surface area (Å²) < 4.78 is 39.1. The molecule has 7 nitrogen and oxygen atoms in total. The molecule has 0 aliphatic carbocycles. The first-order valence-electron chi connectivity index (χ1n) is 11.8. The van der Waals surface area contributed by atoms with Crippen LogP contribution in [0, 0.1) is 12.7 Å². The zero-order valence-corrected chi connectivity index (χ0v) is 21.9. The summed E-state index contributed by atoms with van der Waals surface area (Å²) in [5.41, 5.74) is 2.28. The number of nitrogens with one attached hydrogen (secondary N) is 1. The molecule has 0 aliphatic rings. The molecule has 0 bridgehead atoms. The number of carbonyl (C=O) groups excluding carboxylic acids is 2. The summed E-state index contributed by atoms with van der Waals surface area (Å²) in [5, 5.41) is 2.93. The van der Waals surface area contributed by atoms with Crippen LogP contribution < -0.4 is 9.62 Å². The molecule has 1 N–H and O–H groups in total. The van der Waals surface area contributed by atoms with E-state index in [-0.39, 0.29) is 43.8 Å². The molecule has 0 unspecified atom stereocenters. The van der Waals surface area contributed by atoms with E-state index in [1.807, 2.05) is 45.0 Å². The van der Waals surface area contributed by atoms with Crippen molar-refractivity contribution in [3.05, 3.63) is 65.5 Å². The van der Waals surface area contributed by atoms with Crippen LogP contribution in [0.1, 0.15) is 51.2 Å². The van der Waals surface area contributed by atoms with Crippen molar-refractivity contribution in [3.63, 3.8) is 0 Å². The number of carbonyl (C=O) groups is 2. The van der Waals surface area contributed by atoms with Gasteiger partial charge in [0.15, 0.2) is 0 Å². The Balaban J connectivity index is 2.18. The van der Waals surface area contributed by atoms with Crippen LogP contribution in [0.4, 0.5) is 10.1 Å². The lowest BCUT2D eigenvalue weighted by Crippen LogP contribution is -2.49. The maximum atomic E-state index is 13.3. The third-order valence-electron chi connectivity index (χ3n) is 6.04. The Morgan fingerprint density at radius 2 is 1.69 bits per heavy atom. The molecule has 2 aromatic carbocycles. The van der Waals surface area contributed by atoms with Gasteiger partial charge in [-0.25, -0.2) is 12.8 Å². The summed E-state index contributed by atoms with van der Waals surface area (Å²) >= 11 is 0. The minimum atomic E-state index is -3.63. The highest BCUT2D eigenvalue weighted by Crippen LogP contribution is 2.20. The molecule has 0 heterocycles. The van der Waals surface area contributed by atoms with E-state index in [1.165, 1.54) is 24.3 Å². The minimum Gasteiger partial charge on any atom is -0.352 e. The molecule has 0 aromatic heterocycles. The predicted molar refractivity (Wildman–Crippen MR) is 137 cm³/mol. The topological polar surface area (TPSA) is 86.8 Å². The quantitative estimate of drug-likeness (QED) is 0.472. The lowest BCUT2D eigenvalue weighted by Gasteiger charge is -2.30. The number of aryl methyl sites for hydroxylation is 1. The summed E-state index contributed by atoms with van der Waals surface area (Å²) in [5.74, 6) is -0.938. The molecule has 2 aromatic rings. The third-order valence-corrected chi connectivity index (χ3v) is 7.23. The Hall–Kier alpha value is -2.94. The highest BCUT2D eigenvalue weighted by atomic mass is 32.2. The fraction of sp³-hybridized carbons (Fsp3) is 0.462. The van der Waals surface area contributed by atoms with E-state index in [0.717, 1.165) is 28.1 Å². The van der Waals surface area contributed by atoms with Gasteiger partial charge < -0.3 is 10.2 Å². The fourth-order valence-electron chi connectivity index (χ4n) is 3.63. The first kappa shape index (κ1) is 28.3. The molecule has 0 saturated heterocycles. The summed E-state index contributed by atoms with van der Waals surface area (Å²) in [4.78, 5) is 27.7. The van der Waals surface area contributed by atoms with E-state index in [9.17, 15) is 22.4 Å². The molecule has 35 heavy (non-hydrogen) atoms. The highest BCUT2D eigenvalue weighted by Gasteiger charge is 2.27. The second-order valence-electron chi connectivity index (χ2n) is 8.86. The van der Waals surface area contributed by atoms with Crippen molar-refractivity contribution < 1.29 is 22.4 Å². The van der Waals surface area contributed by atoms with Crippen molar-refractivity contribution in [1.29, 1.82) is 0 Å². The van der Waals surface area contributed by atoms with Gasteiger partial charge >= 0.3 is 0 Å². The molecule has 0 aliphatic heterocycles. The van der Waals surface area contributed by atoms with Crippen LogP contribution in [-0.2, 0) is 26.2 Å². The van der Waals surface area contributed by atoms with Crippen molar-refractivity contribution in [2.24, 2.45) is 0 Å². The van der Waals surface area contributed by atoms with Crippen LogP contribution in [0.5, 0.6) is 0 Å². The zero-order chi connectivity index (χ0) is 26.2. The number of nitrogens with zero attached hydrogens (tertiary/aromatic N) is 2. The maximum absolute atomic E-state index is 13.3. The van der Waals surface area contributed by atoms with Gasteiger partial charge in [-0.15, -0.1) is 0 Å². The van der Waals surface area contributed by atoms with E-state index in [4.69, 9.17) is 0 Å². The fourth-order valence-corrected chi connectivity index (χ4v) is 4.60. The van der Waals surface area contributed by atoms with Crippen molar-refractivity contribution in [2.75, 3.05) is 17.1 Å². The standard InChI is InChI=1S/C26H36FN3O4S/c1-6-20(3)28-26(32)21(4)29(18-22-11-8-7-10-19(22)2)25(31)12-9-17-30(35(5,33)34)24-15-13-23(27)14-16-24/h7-8,10-11,13-16,20-21H,6,9,12,17-18H2,1-5H3,(H,28,32)/t20-,21-/m1/s1. The van der Waals surface area contributed by atoms with E-state index in [1.54, 1.807) is 11.8 Å². The molecular weight excluding hydrogens is 469 g/mol. The van der Waals surface area contributed by atoms with Crippen LogP contribution in [0.25, 0.3) is 0 Å². The summed E-state index contributed by atoms with van der Waals surface area (Å²) in [6.45, 7) is 7.87. The number of rotatable bonds is 12. The number of sulfonamides is 1. The molecular formula is C26H36FN3O4S. The monoisotopic (exact) mass is 505 g/mol. The zero-order valence-electron chi connectivity index (χ0n) is 21.1. The first-order chi connectivity index (χ1) is 16.4. The first-order valence-corrected chi connectivity index (χ1v) is 13.7. The Morgan fingerprint density at radius 1 is 1.06 bits per heavy atom. The van der Waals surface area contributed by atoms with Gasteiger partial charge in [-0.05, 0) is 69.0 Å². The molecule has 2 rings (SSSR count). The molecule has 2 amide bonds. The Labute approximate surface area is 208 Å². The highest BCUT2D eigenvalue weighted by molar-refractivity contribution is 7.92. The van der Waals surface area contributed by atoms with Gasteiger partial charge in [0.05, 0.1) is 11.9 Å². The summed E-state index contributed by atoms with van der Waals surface area (Å²) in [7, 11) is -3.63. The van der Waals surface area contributed by atoms with Gasteiger partial charge in [0.1, 0.15) is 11.9 Å². The summed E-state index contributed by atoms with van der Waals surface area (Å²) in [6.07, 6.45) is 2.15. The molecule has 0 fully saturated rings. The smallest absolute Gasteiger partial charge is 0.242 e. The van der Waals surface area contributed by atoms with Crippen LogP contribution in [0.15, 0.2) is 48.5 Å². The van der Waals surface area contributed by atoms with Crippen LogP contribution in [0.3, 0.4) is 0 Å². The van der Waals surface area contributed by atoms with Crippen LogP contribution in [0.2, 0.25) is 0 Å². The van der Waals surface area contributed by atoms with Crippen LogP contribution >= 0.6 is 0 Å². The molecule has 192 valence electrons. The Kier molecular flexibility index (Phi) is 10.2. The number of amides is 2. The van der Waals surface area contributed by atoms with E-state index in [0.29, 0.717) is 5.69 Å². The van der Waals surface area contributed by atoms with Gasteiger partial charge in [-0.3, -0.25) is 13.9 Å². The Bertz CT molecular complexity index is 1110. The molecule has 0 spiro atoms. The van der Waals surface area contributed by atoms with Crippen LogP contribution in [-0.4, -0.2) is 50.0 Å². The summed E-state index contributed by atoms with van der Waals surface area (Å²) in [6, 6.07) is 12.2. The lowest BCUT2D eigenvalue weighted by molar-refractivity contribution is -0.140. The molecule has 0 saturated carbocycles. The number of anilines is 1. The van der Waals surface area contributed by atoms with Crippen molar-refractivity contribution in [3.8, 4) is 0 Å². The van der Waals surface area contributed by atoms with E-state index in [2.05, 4.69) is 5.32 Å². The van der Waals surface area contributed by atoms with Gasteiger partial charge in [-0.1, -0.05) is 31.2 Å². The van der Waals surface area contributed by atoms with Gasteiger partial charge in [-0.2, -0.15) is 0 Å². The van der Waals surface area contributed by atoms with Crippen molar-refractivity contribution in [1.82, 2.24) is 10.2 Å². The normalized spacial score (nSPS) is 13.1. The number of hydrogen-bond donors (Lipinski definition) is 1. The predicted octanol–water partition coefficient (Wildman–Crippen LogP) is 4.01. The maximum Gasteiger partial charge on any atom is 0.242 e. The molecule has 9 heteroatoms. The number of benzene rings is 2. The molecule has 0 radical (unpaired) electrons. The van der Waals surface area contributed by atoms with Crippen molar-refractivity contribution >= 4 is 27.5 Å². The van der Waals surface area contributed by atoms with Gasteiger partial charge in [0.2, 0.25) is 21.8 Å². The Morgan fingerprint density at radius 3 is 2.26 bits per heavy atom. The largest absolute Gasteiger partial charge is 0.352 e. The average molecular weight is 506 g/mol. The van der Waals surface area contributed by atoms with Crippen molar-refractivity contribution in [2.45, 2.75) is 65.6 Å². The number of halogens is 1. The van der Waals surface area contributed by atoms with Gasteiger partial charge in [0.25, 0.3) is 0 Å². The van der Waals surface area contributed by atoms with E-state index < -0.39 is 21.9 Å². The average Bonchev–Trinajstić information content (AvgIpc) is 2.80. The van der Waals surface area contributed by atoms with Gasteiger partial charge in [0, 0.05) is 25.6 Å². The second kappa shape index (κ2) is 12.7. The van der Waals surface area contributed by atoms with E-state index >= 15 is 0 Å². The minimum absolute atomic E-state index is 0.0145. The third kappa shape index (κ3) is 8.35. The second-order valence-corrected chi connectivity index (χ2v) is 10.8.